The number of ether oxygens (including phenoxy) is 2. The van der Waals surface area contributed by atoms with Gasteiger partial charge < -0.3 is 9.47 Å². The molecule has 72 valence electrons. The molecular weight excluding hydrogens is 178 g/mol. The Hall–Kier alpha value is -1.61. The van der Waals surface area contributed by atoms with E-state index >= 15 is 0 Å². The monoisotopic (exact) mass is 189 g/mol. The van der Waals surface area contributed by atoms with Crippen LogP contribution < -0.4 is 4.74 Å². The molecule has 0 saturated carbocycles. The van der Waals surface area contributed by atoms with E-state index in [0.717, 1.165) is 16.7 Å². The Labute approximate surface area is 82.3 Å². The average Bonchev–Trinajstić information content (AvgIpc) is 2.26. The topological polar surface area (TPSA) is 31.4 Å². The summed E-state index contributed by atoms with van der Waals surface area (Å²) in [4.78, 5) is 4.25. The Kier molecular flexibility index (Phi) is 2.60. The Morgan fingerprint density at radius 2 is 2.07 bits per heavy atom. The largest absolute Gasteiger partial charge is 0.465 e. The molecular formula is C11H11NO2. The Morgan fingerprint density at radius 3 is 2.93 bits per heavy atom. The van der Waals surface area contributed by atoms with Crippen molar-refractivity contribution in [3.05, 3.63) is 36.5 Å². The molecule has 2 rings (SSSR count). The van der Waals surface area contributed by atoms with Gasteiger partial charge in [0.15, 0.2) is 6.79 Å². The Bertz CT molecular complexity index is 423. The molecule has 1 aromatic heterocycles. The third-order valence-electron chi connectivity index (χ3n) is 1.93. The predicted octanol–water partition coefficient (Wildman–Crippen LogP) is 2.22. The Balaban J connectivity index is 2.43. The highest BCUT2D eigenvalue weighted by Gasteiger charge is 2.01. The number of methoxy groups -OCH3 is 1. The molecule has 0 atom stereocenters. The second kappa shape index (κ2) is 4.07. The van der Waals surface area contributed by atoms with Gasteiger partial charge in [0.05, 0.1) is 0 Å². The van der Waals surface area contributed by atoms with Crippen LogP contribution in [0.5, 0.6) is 5.75 Å². The van der Waals surface area contributed by atoms with Crippen LogP contribution in [0.25, 0.3) is 10.9 Å². The lowest BCUT2D eigenvalue weighted by Crippen LogP contribution is -1.99. The van der Waals surface area contributed by atoms with Gasteiger partial charge in [0.1, 0.15) is 11.3 Å². The molecule has 0 spiro atoms. The van der Waals surface area contributed by atoms with Crippen LogP contribution >= 0.6 is 0 Å². The summed E-state index contributed by atoms with van der Waals surface area (Å²) in [5.74, 6) is 0.755. The molecule has 0 aliphatic heterocycles. The van der Waals surface area contributed by atoms with E-state index in [1.807, 2.05) is 30.3 Å². The number of benzene rings is 1. The lowest BCUT2D eigenvalue weighted by atomic mass is 10.2. The van der Waals surface area contributed by atoms with Crippen LogP contribution in [0.2, 0.25) is 0 Å². The van der Waals surface area contributed by atoms with E-state index in [9.17, 15) is 0 Å². The molecule has 14 heavy (non-hydrogen) atoms. The van der Waals surface area contributed by atoms with Crippen LogP contribution in [0, 0.1) is 0 Å². The van der Waals surface area contributed by atoms with Gasteiger partial charge in [0.2, 0.25) is 0 Å². The number of para-hydroxylation sites is 1. The summed E-state index contributed by atoms with van der Waals surface area (Å²) < 4.78 is 10.2. The average molecular weight is 189 g/mol. The Morgan fingerprint density at radius 1 is 1.21 bits per heavy atom. The first kappa shape index (κ1) is 8.97. The molecule has 1 aromatic carbocycles. The second-order valence-corrected chi connectivity index (χ2v) is 2.88. The minimum atomic E-state index is 0.246. The van der Waals surface area contributed by atoms with Crippen LogP contribution in [0.15, 0.2) is 36.5 Å². The molecule has 0 fully saturated rings. The van der Waals surface area contributed by atoms with Crippen LogP contribution in [0.4, 0.5) is 0 Å². The summed E-state index contributed by atoms with van der Waals surface area (Å²) in [7, 11) is 1.60. The number of nitrogens with zero attached hydrogens (tertiary/aromatic N) is 1. The van der Waals surface area contributed by atoms with Gasteiger partial charge >= 0.3 is 0 Å². The summed E-state index contributed by atoms with van der Waals surface area (Å²) >= 11 is 0. The number of hydrogen-bond acceptors (Lipinski definition) is 3. The van der Waals surface area contributed by atoms with Crippen LogP contribution in [-0.2, 0) is 4.74 Å². The number of aromatic nitrogens is 1. The fourth-order valence-electron chi connectivity index (χ4n) is 1.32. The molecule has 3 nitrogen and oxygen atoms in total. The van der Waals surface area contributed by atoms with E-state index in [-0.39, 0.29) is 6.79 Å². The molecule has 0 aliphatic carbocycles. The molecule has 3 heteroatoms. The van der Waals surface area contributed by atoms with E-state index in [0.29, 0.717) is 0 Å². The van der Waals surface area contributed by atoms with Gasteiger partial charge in [-0.2, -0.15) is 0 Å². The van der Waals surface area contributed by atoms with Gasteiger partial charge in [-0.15, -0.1) is 0 Å². The van der Waals surface area contributed by atoms with Crippen molar-refractivity contribution in [2.24, 2.45) is 0 Å². The van der Waals surface area contributed by atoms with Crippen molar-refractivity contribution in [1.82, 2.24) is 4.98 Å². The van der Waals surface area contributed by atoms with E-state index < -0.39 is 0 Å². The lowest BCUT2D eigenvalue weighted by Gasteiger charge is -2.06. The molecule has 0 amide bonds. The first-order valence-electron chi connectivity index (χ1n) is 4.37. The standard InChI is InChI=1S/C11H11NO2/c1-13-8-14-10-6-2-4-9-5-3-7-12-11(9)10/h2-7H,8H2,1H3. The third-order valence-corrected chi connectivity index (χ3v) is 1.93. The summed E-state index contributed by atoms with van der Waals surface area (Å²) in [6, 6.07) is 9.73. The zero-order valence-corrected chi connectivity index (χ0v) is 7.93. The summed E-state index contributed by atoms with van der Waals surface area (Å²) in [5.41, 5.74) is 0.868. The van der Waals surface area contributed by atoms with Gasteiger partial charge in [-0.25, -0.2) is 0 Å². The first-order chi connectivity index (χ1) is 6.92. The SMILES string of the molecule is COCOc1cccc2cccnc12. The van der Waals surface area contributed by atoms with Gasteiger partial charge in [-0.3, -0.25) is 4.98 Å². The van der Waals surface area contributed by atoms with Gasteiger partial charge in [-0.1, -0.05) is 18.2 Å². The third kappa shape index (κ3) is 1.67. The number of pyridine rings is 1. The van der Waals surface area contributed by atoms with Crippen molar-refractivity contribution >= 4 is 10.9 Å². The van der Waals surface area contributed by atoms with E-state index in [1.54, 1.807) is 13.3 Å². The normalized spacial score (nSPS) is 10.4. The van der Waals surface area contributed by atoms with Crippen molar-refractivity contribution in [3.63, 3.8) is 0 Å². The van der Waals surface area contributed by atoms with Crippen molar-refractivity contribution in [2.45, 2.75) is 0 Å². The highest BCUT2D eigenvalue weighted by molar-refractivity contribution is 5.84. The van der Waals surface area contributed by atoms with E-state index in [1.165, 1.54) is 0 Å². The highest BCUT2D eigenvalue weighted by atomic mass is 16.7. The predicted molar refractivity (Wildman–Crippen MR) is 54.2 cm³/mol. The molecule has 0 unspecified atom stereocenters. The van der Waals surface area contributed by atoms with Crippen molar-refractivity contribution in [3.8, 4) is 5.75 Å². The maximum atomic E-state index is 5.38. The summed E-state index contributed by atoms with van der Waals surface area (Å²) in [5, 5.41) is 1.07. The van der Waals surface area contributed by atoms with Crippen LogP contribution in [-0.4, -0.2) is 18.9 Å². The zero-order chi connectivity index (χ0) is 9.80. The fraction of sp³-hybridized carbons (Fsp3) is 0.182. The molecule has 0 radical (unpaired) electrons. The van der Waals surface area contributed by atoms with Crippen molar-refractivity contribution in [1.29, 1.82) is 0 Å². The zero-order valence-electron chi connectivity index (χ0n) is 7.93. The summed E-state index contributed by atoms with van der Waals surface area (Å²) in [6.45, 7) is 0.246. The molecule has 0 bridgehead atoms. The summed E-state index contributed by atoms with van der Waals surface area (Å²) in [6.07, 6.45) is 1.75. The number of hydrogen-bond donors (Lipinski definition) is 0. The van der Waals surface area contributed by atoms with Crippen molar-refractivity contribution < 1.29 is 9.47 Å². The molecule has 2 aromatic rings. The van der Waals surface area contributed by atoms with Gasteiger partial charge in [0, 0.05) is 18.7 Å². The molecule has 0 N–H and O–H groups in total. The molecule has 0 aliphatic rings. The van der Waals surface area contributed by atoms with Crippen molar-refractivity contribution in [2.75, 3.05) is 13.9 Å². The van der Waals surface area contributed by atoms with Crippen LogP contribution in [0.3, 0.4) is 0 Å². The van der Waals surface area contributed by atoms with Gasteiger partial charge in [0.25, 0.3) is 0 Å². The van der Waals surface area contributed by atoms with Crippen LogP contribution in [0.1, 0.15) is 0 Å². The maximum Gasteiger partial charge on any atom is 0.188 e. The number of fused-ring (bicyclic) bond motifs is 1. The maximum absolute atomic E-state index is 5.38. The molecule has 0 saturated heterocycles. The first-order valence-corrected chi connectivity index (χ1v) is 4.37. The van der Waals surface area contributed by atoms with E-state index in [4.69, 9.17) is 9.47 Å². The molecule has 1 heterocycles. The minimum Gasteiger partial charge on any atom is -0.465 e. The fourth-order valence-corrected chi connectivity index (χ4v) is 1.32. The highest BCUT2D eigenvalue weighted by Crippen LogP contribution is 2.22. The lowest BCUT2D eigenvalue weighted by molar-refractivity contribution is 0.0521. The second-order valence-electron chi connectivity index (χ2n) is 2.88. The van der Waals surface area contributed by atoms with Gasteiger partial charge in [-0.05, 0) is 12.1 Å². The quantitative estimate of drug-likeness (QED) is 0.694. The number of rotatable bonds is 3. The smallest absolute Gasteiger partial charge is 0.188 e. The minimum absolute atomic E-state index is 0.246. The van der Waals surface area contributed by atoms with E-state index in [2.05, 4.69) is 4.98 Å².